The third-order valence-corrected chi connectivity index (χ3v) is 4.36. The summed E-state index contributed by atoms with van der Waals surface area (Å²) in [5, 5.41) is 8.64. The Morgan fingerprint density at radius 1 is 1.47 bits per heavy atom. The SMILES string of the molecule is O=C(O)CCCc1cccc(OC2CCCSC2)c1. The van der Waals surface area contributed by atoms with E-state index in [1.807, 2.05) is 36.0 Å². The maximum Gasteiger partial charge on any atom is 0.303 e. The van der Waals surface area contributed by atoms with Crippen LogP contribution in [-0.2, 0) is 11.2 Å². The van der Waals surface area contributed by atoms with Gasteiger partial charge in [-0.2, -0.15) is 11.8 Å². The summed E-state index contributed by atoms with van der Waals surface area (Å²) in [6.07, 6.45) is 4.39. The highest BCUT2D eigenvalue weighted by Crippen LogP contribution is 2.23. The molecule has 0 aromatic heterocycles. The summed E-state index contributed by atoms with van der Waals surface area (Å²) in [6.45, 7) is 0. The van der Waals surface area contributed by atoms with E-state index in [1.165, 1.54) is 12.2 Å². The molecular formula is C15H20O3S. The number of carboxylic acid groups (broad SMARTS) is 1. The van der Waals surface area contributed by atoms with Crippen molar-refractivity contribution in [2.75, 3.05) is 11.5 Å². The second-order valence-electron chi connectivity index (χ2n) is 4.85. The van der Waals surface area contributed by atoms with E-state index in [1.54, 1.807) is 0 Å². The molecule has 0 amide bonds. The Labute approximate surface area is 118 Å². The number of carbonyl (C=O) groups is 1. The second kappa shape index (κ2) is 7.43. The zero-order valence-corrected chi connectivity index (χ0v) is 11.8. The van der Waals surface area contributed by atoms with Gasteiger partial charge < -0.3 is 9.84 Å². The molecular weight excluding hydrogens is 260 g/mol. The smallest absolute Gasteiger partial charge is 0.303 e. The topological polar surface area (TPSA) is 46.5 Å². The molecule has 1 aliphatic heterocycles. The van der Waals surface area contributed by atoms with Crippen molar-refractivity contribution in [1.29, 1.82) is 0 Å². The first-order valence-corrected chi connectivity index (χ1v) is 7.94. The van der Waals surface area contributed by atoms with Gasteiger partial charge in [0.25, 0.3) is 0 Å². The molecule has 4 heteroatoms. The van der Waals surface area contributed by atoms with Crippen LogP contribution in [0.2, 0.25) is 0 Å². The van der Waals surface area contributed by atoms with Gasteiger partial charge in [0.05, 0.1) is 0 Å². The van der Waals surface area contributed by atoms with Crippen molar-refractivity contribution in [1.82, 2.24) is 0 Å². The van der Waals surface area contributed by atoms with E-state index >= 15 is 0 Å². The van der Waals surface area contributed by atoms with Crippen LogP contribution in [0.4, 0.5) is 0 Å². The average Bonchev–Trinajstić information content (AvgIpc) is 2.40. The average molecular weight is 280 g/mol. The normalized spacial score (nSPS) is 19.1. The van der Waals surface area contributed by atoms with Crippen LogP contribution in [0.5, 0.6) is 5.75 Å². The van der Waals surface area contributed by atoms with Gasteiger partial charge in [-0.05, 0) is 49.1 Å². The summed E-state index contributed by atoms with van der Waals surface area (Å²) in [5.41, 5.74) is 1.15. The lowest BCUT2D eigenvalue weighted by molar-refractivity contribution is -0.137. The zero-order chi connectivity index (χ0) is 13.5. The Kier molecular flexibility index (Phi) is 5.58. The van der Waals surface area contributed by atoms with E-state index in [0.29, 0.717) is 12.5 Å². The fourth-order valence-electron chi connectivity index (χ4n) is 2.21. The molecule has 19 heavy (non-hydrogen) atoms. The fraction of sp³-hybridized carbons (Fsp3) is 0.533. The Hall–Kier alpha value is -1.16. The summed E-state index contributed by atoms with van der Waals surface area (Å²) >= 11 is 1.95. The molecule has 2 rings (SSSR count). The molecule has 0 radical (unpaired) electrons. The molecule has 0 saturated carbocycles. The maximum atomic E-state index is 10.5. The number of aryl methyl sites for hydroxylation is 1. The van der Waals surface area contributed by atoms with Crippen molar-refractivity contribution in [3.05, 3.63) is 29.8 Å². The van der Waals surface area contributed by atoms with Crippen molar-refractivity contribution in [2.24, 2.45) is 0 Å². The third kappa shape index (κ3) is 5.15. The Morgan fingerprint density at radius 2 is 2.37 bits per heavy atom. The first-order chi connectivity index (χ1) is 9.24. The molecule has 1 fully saturated rings. The largest absolute Gasteiger partial charge is 0.490 e. The number of benzene rings is 1. The van der Waals surface area contributed by atoms with E-state index in [-0.39, 0.29) is 6.42 Å². The lowest BCUT2D eigenvalue weighted by Gasteiger charge is -2.22. The number of hydrogen-bond acceptors (Lipinski definition) is 3. The van der Waals surface area contributed by atoms with Gasteiger partial charge in [-0.1, -0.05) is 12.1 Å². The molecule has 1 N–H and O–H groups in total. The first-order valence-electron chi connectivity index (χ1n) is 6.79. The molecule has 1 heterocycles. The quantitative estimate of drug-likeness (QED) is 0.868. The number of ether oxygens (including phenoxy) is 1. The monoisotopic (exact) mass is 280 g/mol. The van der Waals surface area contributed by atoms with Crippen molar-refractivity contribution in [2.45, 2.75) is 38.2 Å². The minimum absolute atomic E-state index is 0.227. The second-order valence-corrected chi connectivity index (χ2v) is 6.00. The number of hydrogen-bond donors (Lipinski definition) is 1. The lowest BCUT2D eigenvalue weighted by atomic mass is 10.1. The molecule has 0 aliphatic carbocycles. The van der Waals surface area contributed by atoms with Gasteiger partial charge in [0, 0.05) is 12.2 Å². The summed E-state index contributed by atoms with van der Waals surface area (Å²) in [4.78, 5) is 10.5. The van der Waals surface area contributed by atoms with Crippen LogP contribution in [0.15, 0.2) is 24.3 Å². The molecule has 0 bridgehead atoms. The molecule has 0 spiro atoms. The fourth-order valence-corrected chi connectivity index (χ4v) is 3.25. The Morgan fingerprint density at radius 3 is 3.11 bits per heavy atom. The molecule has 104 valence electrons. The van der Waals surface area contributed by atoms with Crippen LogP contribution in [0.25, 0.3) is 0 Å². The minimum atomic E-state index is -0.730. The van der Waals surface area contributed by atoms with Crippen LogP contribution in [-0.4, -0.2) is 28.7 Å². The van der Waals surface area contributed by atoms with Gasteiger partial charge >= 0.3 is 5.97 Å². The van der Waals surface area contributed by atoms with E-state index in [0.717, 1.165) is 29.9 Å². The number of aliphatic carboxylic acids is 1. The zero-order valence-electron chi connectivity index (χ0n) is 11.0. The molecule has 1 unspecified atom stereocenters. The standard InChI is InChI=1S/C15H20O3S/c16-15(17)8-2-5-12-4-1-6-13(10-12)18-14-7-3-9-19-11-14/h1,4,6,10,14H,2-3,5,7-9,11H2,(H,16,17). The highest BCUT2D eigenvalue weighted by atomic mass is 32.2. The maximum absolute atomic E-state index is 10.5. The van der Waals surface area contributed by atoms with Crippen LogP contribution in [0, 0.1) is 0 Å². The van der Waals surface area contributed by atoms with Gasteiger partial charge in [0.1, 0.15) is 11.9 Å². The van der Waals surface area contributed by atoms with Crippen LogP contribution in [0.1, 0.15) is 31.2 Å². The molecule has 1 aromatic carbocycles. The van der Waals surface area contributed by atoms with Gasteiger partial charge in [0.15, 0.2) is 0 Å². The molecule has 1 atom stereocenters. The minimum Gasteiger partial charge on any atom is -0.490 e. The molecule has 1 aromatic rings. The predicted octanol–water partition coefficient (Wildman–Crippen LogP) is 3.37. The van der Waals surface area contributed by atoms with Crippen LogP contribution in [0.3, 0.4) is 0 Å². The van der Waals surface area contributed by atoms with Crippen LogP contribution < -0.4 is 4.74 Å². The Balaban J connectivity index is 1.85. The van der Waals surface area contributed by atoms with Gasteiger partial charge in [0.2, 0.25) is 0 Å². The molecule has 1 saturated heterocycles. The number of carboxylic acids is 1. The first kappa shape index (κ1) is 14.3. The van der Waals surface area contributed by atoms with E-state index in [2.05, 4.69) is 0 Å². The third-order valence-electron chi connectivity index (χ3n) is 3.18. The van der Waals surface area contributed by atoms with Gasteiger partial charge in [-0.3, -0.25) is 4.79 Å². The van der Waals surface area contributed by atoms with Crippen LogP contribution >= 0.6 is 11.8 Å². The van der Waals surface area contributed by atoms with Crippen molar-refractivity contribution in [3.63, 3.8) is 0 Å². The molecule has 1 aliphatic rings. The highest BCUT2D eigenvalue weighted by Gasteiger charge is 2.15. The predicted molar refractivity (Wildman–Crippen MR) is 78.0 cm³/mol. The number of rotatable bonds is 6. The van der Waals surface area contributed by atoms with E-state index in [9.17, 15) is 4.79 Å². The summed E-state index contributed by atoms with van der Waals surface area (Å²) < 4.78 is 5.99. The number of thioether (sulfide) groups is 1. The highest BCUT2D eigenvalue weighted by molar-refractivity contribution is 7.99. The lowest BCUT2D eigenvalue weighted by Crippen LogP contribution is -2.23. The molecule has 3 nitrogen and oxygen atoms in total. The van der Waals surface area contributed by atoms with Gasteiger partial charge in [-0.15, -0.1) is 0 Å². The Bertz CT molecular complexity index is 414. The summed E-state index contributed by atoms with van der Waals surface area (Å²) in [7, 11) is 0. The van der Waals surface area contributed by atoms with E-state index in [4.69, 9.17) is 9.84 Å². The van der Waals surface area contributed by atoms with Crippen molar-refractivity contribution >= 4 is 17.7 Å². The van der Waals surface area contributed by atoms with Gasteiger partial charge in [-0.25, -0.2) is 0 Å². The summed E-state index contributed by atoms with van der Waals surface area (Å²) in [5.74, 6) is 2.50. The van der Waals surface area contributed by atoms with Crippen molar-refractivity contribution < 1.29 is 14.6 Å². The summed E-state index contributed by atoms with van der Waals surface area (Å²) in [6, 6.07) is 8.05. The van der Waals surface area contributed by atoms with Crippen molar-refractivity contribution in [3.8, 4) is 5.75 Å². The van der Waals surface area contributed by atoms with E-state index < -0.39 is 5.97 Å².